The Morgan fingerprint density at radius 3 is 2.61 bits per heavy atom. The standard InChI is InChI=1S/C18H26N4O/c1-15-14-18(23)22(17-7-4-3-6-16(17)19-15)9-5-8-21-12-10-20(2)11-13-21/h3-4,6-7H,5,8-14H2,1-2H3. The maximum Gasteiger partial charge on any atom is 0.232 e. The highest BCUT2D eigenvalue weighted by Crippen LogP contribution is 2.31. The molecule has 0 aromatic heterocycles. The summed E-state index contributed by atoms with van der Waals surface area (Å²) < 4.78 is 0. The molecule has 0 bridgehead atoms. The van der Waals surface area contributed by atoms with Gasteiger partial charge in [-0.1, -0.05) is 12.1 Å². The van der Waals surface area contributed by atoms with Crippen LogP contribution in [0.25, 0.3) is 0 Å². The molecule has 1 fully saturated rings. The Hall–Kier alpha value is -1.72. The monoisotopic (exact) mass is 314 g/mol. The van der Waals surface area contributed by atoms with Crippen molar-refractivity contribution in [2.24, 2.45) is 4.99 Å². The summed E-state index contributed by atoms with van der Waals surface area (Å²) in [7, 11) is 2.17. The summed E-state index contributed by atoms with van der Waals surface area (Å²) in [6.45, 7) is 8.29. The summed E-state index contributed by atoms with van der Waals surface area (Å²) in [5, 5.41) is 0. The van der Waals surface area contributed by atoms with E-state index in [1.54, 1.807) is 0 Å². The smallest absolute Gasteiger partial charge is 0.232 e. The van der Waals surface area contributed by atoms with Crippen LogP contribution in [-0.4, -0.2) is 67.7 Å². The molecule has 1 aromatic rings. The lowest BCUT2D eigenvalue weighted by Gasteiger charge is -2.33. The van der Waals surface area contributed by atoms with Gasteiger partial charge in [0.1, 0.15) is 0 Å². The van der Waals surface area contributed by atoms with Gasteiger partial charge in [0.05, 0.1) is 17.8 Å². The number of hydrogen-bond donors (Lipinski definition) is 0. The van der Waals surface area contributed by atoms with Gasteiger partial charge in [-0.2, -0.15) is 0 Å². The molecule has 0 aliphatic carbocycles. The van der Waals surface area contributed by atoms with Crippen LogP contribution in [0.2, 0.25) is 0 Å². The van der Waals surface area contributed by atoms with Crippen LogP contribution in [0.3, 0.4) is 0 Å². The van der Waals surface area contributed by atoms with Gasteiger partial charge in [-0.15, -0.1) is 0 Å². The molecule has 2 heterocycles. The van der Waals surface area contributed by atoms with Crippen molar-refractivity contribution >= 4 is 23.0 Å². The SMILES string of the molecule is CC1=Nc2ccccc2N(CCCN2CCN(C)CC2)C(=O)C1. The summed E-state index contributed by atoms with van der Waals surface area (Å²) in [5.41, 5.74) is 2.76. The Morgan fingerprint density at radius 2 is 1.83 bits per heavy atom. The predicted molar refractivity (Wildman–Crippen MR) is 94.7 cm³/mol. The Balaban J connectivity index is 1.62. The molecule has 3 rings (SSSR count). The molecule has 124 valence electrons. The lowest BCUT2D eigenvalue weighted by atomic mass is 10.2. The average molecular weight is 314 g/mol. The van der Waals surface area contributed by atoms with Crippen LogP contribution in [0.4, 0.5) is 11.4 Å². The third kappa shape index (κ3) is 3.98. The zero-order valence-corrected chi connectivity index (χ0v) is 14.2. The molecule has 1 amide bonds. The van der Waals surface area contributed by atoms with Gasteiger partial charge in [-0.25, -0.2) is 0 Å². The van der Waals surface area contributed by atoms with Crippen molar-refractivity contribution in [3.63, 3.8) is 0 Å². The number of aliphatic imine (C=N–C) groups is 1. The van der Waals surface area contributed by atoms with Crippen LogP contribution < -0.4 is 4.90 Å². The number of benzene rings is 1. The van der Waals surface area contributed by atoms with E-state index >= 15 is 0 Å². The van der Waals surface area contributed by atoms with Gasteiger partial charge >= 0.3 is 0 Å². The Kier molecular flexibility index (Phi) is 5.08. The largest absolute Gasteiger partial charge is 0.310 e. The second-order valence-corrected chi connectivity index (χ2v) is 6.56. The number of carbonyl (C=O) groups excluding carboxylic acids is 1. The Bertz CT molecular complexity index is 590. The zero-order chi connectivity index (χ0) is 16.2. The van der Waals surface area contributed by atoms with Crippen molar-refractivity contribution in [1.82, 2.24) is 9.80 Å². The van der Waals surface area contributed by atoms with Crippen LogP contribution in [-0.2, 0) is 4.79 Å². The minimum absolute atomic E-state index is 0.162. The van der Waals surface area contributed by atoms with E-state index in [-0.39, 0.29) is 5.91 Å². The fourth-order valence-corrected chi connectivity index (χ4v) is 3.25. The first kappa shape index (κ1) is 16.1. The maximum atomic E-state index is 12.5. The third-order valence-corrected chi connectivity index (χ3v) is 4.64. The highest BCUT2D eigenvalue weighted by atomic mass is 16.2. The number of fused-ring (bicyclic) bond motifs is 1. The Labute approximate surface area is 138 Å². The highest BCUT2D eigenvalue weighted by Gasteiger charge is 2.22. The molecule has 0 spiro atoms. The first-order valence-electron chi connectivity index (χ1n) is 8.48. The van der Waals surface area contributed by atoms with Gasteiger partial charge in [0.2, 0.25) is 5.91 Å². The van der Waals surface area contributed by atoms with E-state index in [4.69, 9.17) is 0 Å². The highest BCUT2D eigenvalue weighted by molar-refractivity contribution is 6.10. The molecular weight excluding hydrogens is 288 g/mol. The van der Waals surface area contributed by atoms with Crippen molar-refractivity contribution < 1.29 is 4.79 Å². The predicted octanol–water partition coefficient (Wildman–Crippen LogP) is 2.15. The van der Waals surface area contributed by atoms with Crippen molar-refractivity contribution in [1.29, 1.82) is 0 Å². The second-order valence-electron chi connectivity index (χ2n) is 6.56. The van der Waals surface area contributed by atoms with Crippen molar-refractivity contribution in [3.05, 3.63) is 24.3 Å². The number of piperazine rings is 1. The van der Waals surface area contributed by atoms with Gasteiger partial charge in [0.25, 0.3) is 0 Å². The number of nitrogens with zero attached hydrogens (tertiary/aromatic N) is 4. The molecule has 5 nitrogen and oxygen atoms in total. The van der Waals surface area contributed by atoms with Crippen molar-refractivity contribution in [2.45, 2.75) is 19.8 Å². The normalized spacial score (nSPS) is 20.2. The number of carbonyl (C=O) groups is 1. The minimum atomic E-state index is 0.162. The topological polar surface area (TPSA) is 39.1 Å². The second kappa shape index (κ2) is 7.23. The summed E-state index contributed by atoms with van der Waals surface area (Å²) in [6, 6.07) is 7.96. The van der Waals surface area contributed by atoms with Gasteiger partial charge in [0.15, 0.2) is 0 Å². The third-order valence-electron chi connectivity index (χ3n) is 4.64. The zero-order valence-electron chi connectivity index (χ0n) is 14.2. The van der Waals surface area contributed by atoms with Crippen molar-refractivity contribution in [2.75, 3.05) is 51.2 Å². The van der Waals surface area contributed by atoms with E-state index in [0.717, 1.165) is 62.8 Å². The number of rotatable bonds is 4. The number of anilines is 1. The average Bonchev–Trinajstić information content (AvgIpc) is 2.65. The molecule has 0 saturated carbocycles. The first-order chi connectivity index (χ1) is 11.1. The lowest BCUT2D eigenvalue weighted by molar-refractivity contribution is -0.117. The molecule has 2 aliphatic rings. The van der Waals surface area contributed by atoms with Crippen molar-refractivity contribution in [3.8, 4) is 0 Å². The van der Waals surface area contributed by atoms with E-state index in [1.165, 1.54) is 0 Å². The number of likely N-dealkylation sites (N-methyl/N-ethyl adjacent to an activating group) is 1. The fourth-order valence-electron chi connectivity index (χ4n) is 3.25. The van der Waals surface area contributed by atoms with Gasteiger partial charge in [-0.3, -0.25) is 9.79 Å². The maximum absolute atomic E-state index is 12.5. The minimum Gasteiger partial charge on any atom is -0.310 e. The summed E-state index contributed by atoms with van der Waals surface area (Å²) >= 11 is 0. The molecule has 0 radical (unpaired) electrons. The first-order valence-corrected chi connectivity index (χ1v) is 8.48. The van der Waals surface area contributed by atoms with Gasteiger partial charge in [0, 0.05) is 38.4 Å². The summed E-state index contributed by atoms with van der Waals surface area (Å²) in [6.07, 6.45) is 1.42. The molecule has 1 saturated heterocycles. The molecule has 1 aromatic carbocycles. The molecule has 0 unspecified atom stereocenters. The summed E-state index contributed by atoms with van der Waals surface area (Å²) in [5.74, 6) is 0.162. The van der Waals surface area contributed by atoms with E-state index in [1.807, 2.05) is 36.1 Å². The van der Waals surface area contributed by atoms with Crippen LogP contribution in [0.5, 0.6) is 0 Å². The molecule has 2 aliphatic heterocycles. The van der Waals surface area contributed by atoms with E-state index in [0.29, 0.717) is 6.42 Å². The van der Waals surface area contributed by atoms with Crippen LogP contribution in [0.15, 0.2) is 29.3 Å². The molecule has 0 atom stereocenters. The molecular formula is C18H26N4O. The molecule has 23 heavy (non-hydrogen) atoms. The van der Waals surface area contributed by atoms with Gasteiger partial charge < -0.3 is 14.7 Å². The number of amides is 1. The van der Waals surface area contributed by atoms with Gasteiger partial charge in [-0.05, 0) is 39.1 Å². The van der Waals surface area contributed by atoms with E-state index in [2.05, 4.69) is 21.8 Å². The Morgan fingerprint density at radius 1 is 1.09 bits per heavy atom. The summed E-state index contributed by atoms with van der Waals surface area (Å²) in [4.78, 5) is 23.9. The van der Waals surface area contributed by atoms with Crippen LogP contribution in [0, 0.1) is 0 Å². The number of para-hydroxylation sites is 2. The lowest BCUT2D eigenvalue weighted by Crippen LogP contribution is -2.45. The quantitative estimate of drug-likeness (QED) is 0.855. The number of hydrogen-bond acceptors (Lipinski definition) is 4. The fraction of sp³-hybridized carbons (Fsp3) is 0.556. The van der Waals surface area contributed by atoms with Crippen LogP contribution >= 0.6 is 0 Å². The van der Waals surface area contributed by atoms with Crippen LogP contribution in [0.1, 0.15) is 19.8 Å². The van der Waals surface area contributed by atoms with E-state index < -0.39 is 0 Å². The van der Waals surface area contributed by atoms with E-state index in [9.17, 15) is 4.79 Å². The molecule has 5 heteroatoms. The molecule has 0 N–H and O–H groups in total.